The van der Waals surface area contributed by atoms with Crippen LogP contribution in [0.1, 0.15) is 35.6 Å². The van der Waals surface area contributed by atoms with Crippen molar-refractivity contribution < 1.29 is 0 Å². The number of rotatable bonds is 7. The second kappa shape index (κ2) is 8.26. The highest BCUT2D eigenvalue weighted by Gasteiger charge is 2.05. The number of hydrogen-bond donors (Lipinski definition) is 1. The summed E-state index contributed by atoms with van der Waals surface area (Å²) in [5, 5.41) is 3.52. The van der Waals surface area contributed by atoms with Crippen LogP contribution < -0.4 is 5.32 Å². The maximum Gasteiger partial charge on any atom is 0.0234 e. The minimum absolute atomic E-state index is 0.964. The Morgan fingerprint density at radius 3 is 2.57 bits per heavy atom. The molecule has 0 unspecified atom stereocenters. The summed E-state index contributed by atoms with van der Waals surface area (Å²) in [7, 11) is 0. The van der Waals surface area contributed by atoms with Crippen molar-refractivity contribution in [3.8, 4) is 0 Å². The smallest absolute Gasteiger partial charge is 0.0234 e. The molecule has 0 saturated carbocycles. The number of thioether (sulfide) groups is 1. The predicted octanol–water partition coefficient (Wildman–Crippen LogP) is 5.10. The molecule has 21 heavy (non-hydrogen) atoms. The van der Waals surface area contributed by atoms with Gasteiger partial charge in [0.05, 0.1) is 0 Å². The van der Waals surface area contributed by atoms with Crippen LogP contribution in [0.2, 0.25) is 0 Å². The lowest BCUT2D eigenvalue weighted by Crippen LogP contribution is -2.14. The standard InChI is InChI=1S/C19H25NS/c1-4-11-20-13-18-12-15(2)9-10-19(18)21-14-17-8-6-5-7-16(17)3/h5-10,12,20H,4,11,13-14H2,1-3H3. The summed E-state index contributed by atoms with van der Waals surface area (Å²) in [6.45, 7) is 8.60. The fraction of sp³-hybridized carbons (Fsp3) is 0.368. The molecule has 0 atom stereocenters. The molecular weight excluding hydrogens is 274 g/mol. The van der Waals surface area contributed by atoms with Crippen molar-refractivity contribution in [3.05, 3.63) is 64.7 Å². The van der Waals surface area contributed by atoms with Gasteiger partial charge >= 0.3 is 0 Å². The monoisotopic (exact) mass is 299 g/mol. The summed E-state index contributed by atoms with van der Waals surface area (Å²) >= 11 is 1.94. The van der Waals surface area contributed by atoms with Gasteiger partial charge in [-0.2, -0.15) is 0 Å². The van der Waals surface area contributed by atoms with E-state index >= 15 is 0 Å². The Labute approximate surface area is 133 Å². The van der Waals surface area contributed by atoms with Crippen molar-refractivity contribution in [3.63, 3.8) is 0 Å². The number of hydrogen-bond acceptors (Lipinski definition) is 2. The zero-order valence-corrected chi connectivity index (χ0v) is 14.1. The zero-order chi connectivity index (χ0) is 15.1. The molecule has 0 heterocycles. The van der Waals surface area contributed by atoms with E-state index in [9.17, 15) is 0 Å². The van der Waals surface area contributed by atoms with Crippen LogP contribution in [0.3, 0.4) is 0 Å². The maximum absolute atomic E-state index is 3.52. The van der Waals surface area contributed by atoms with Crippen LogP contribution in [0.4, 0.5) is 0 Å². The van der Waals surface area contributed by atoms with Crippen LogP contribution in [0.5, 0.6) is 0 Å². The fourth-order valence-electron chi connectivity index (χ4n) is 2.31. The first-order valence-corrected chi connectivity index (χ1v) is 8.67. The molecule has 2 aromatic carbocycles. The summed E-state index contributed by atoms with van der Waals surface area (Å²) in [6, 6.07) is 15.4. The Morgan fingerprint density at radius 1 is 1.00 bits per heavy atom. The first kappa shape index (κ1) is 16.1. The van der Waals surface area contributed by atoms with E-state index in [4.69, 9.17) is 0 Å². The topological polar surface area (TPSA) is 12.0 Å². The Bertz CT molecular complexity index is 578. The lowest BCUT2D eigenvalue weighted by atomic mass is 10.1. The molecule has 2 heteroatoms. The average molecular weight is 299 g/mol. The van der Waals surface area contributed by atoms with E-state index in [0.29, 0.717) is 0 Å². The summed E-state index contributed by atoms with van der Waals surface area (Å²) in [5.41, 5.74) is 5.56. The second-order valence-corrected chi connectivity index (χ2v) is 6.52. The molecule has 0 spiro atoms. The summed E-state index contributed by atoms with van der Waals surface area (Å²) in [4.78, 5) is 1.40. The Kier molecular flexibility index (Phi) is 6.34. The van der Waals surface area contributed by atoms with Gasteiger partial charge in [-0.3, -0.25) is 0 Å². The molecule has 0 saturated heterocycles. The second-order valence-electron chi connectivity index (χ2n) is 5.50. The Morgan fingerprint density at radius 2 is 1.81 bits per heavy atom. The highest BCUT2D eigenvalue weighted by Crippen LogP contribution is 2.28. The van der Waals surface area contributed by atoms with Gasteiger partial charge in [-0.15, -0.1) is 11.8 Å². The van der Waals surface area contributed by atoms with Gasteiger partial charge in [0.15, 0.2) is 0 Å². The van der Waals surface area contributed by atoms with Gasteiger partial charge in [0.25, 0.3) is 0 Å². The van der Waals surface area contributed by atoms with Crippen LogP contribution in [0.25, 0.3) is 0 Å². The van der Waals surface area contributed by atoms with Gasteiger partial charge in [0.1, 0.15) is 0 Å². The van der Waals surface area contributed by atoms with Gasteiger partial charge in [-0.25, -0.2) is 0 Å². The summed E-state index contributed by atoms with van der Waals surface area (Å²) in [5.74, 6) is 1.04. The van der Waals surface area contributed by atoms with Crippen molar-refractivity contribution in [2.45, 2.75) is 44.4 Å². The molecule has 0 aliphatic rings. The van der Waals surface area contributed by atoms with E-state index in [2.05, 4.69) is 68.6 Å². The minimum Gasteiger partial charge on any atom is -0.313 e. The van der Waals surface area contributed by atoms with E-state index in [1.807, 2.05) is 11.8 Å². The first-order valence-electron chi connectivity index (χ1n) is 7.68. The minimum atomic E-state index is 0.964. The van der Waals surface area contributed by atoms with Gasteiger partial charge in [-0.05, 0) is 49.6 Å². The molecular formula is C19H25NS. The SMILES string of the molecule is CCCNCc1cc(C)ccc1SCc1ccccc1C. The Balaban J connectivity index is 2.06. The van der Waals surface area contributed by atoms with Crippen LogP contribution in [0, 0.1) is 13.8 Å². The summed E-state index contributed by atoms with van der Waals surface area (Å²) in [6.07, 6.45) is 1.18. The quantitative estimate of drug-likeness (QED) is 0.564. The van der Waals surface area contributed by atoms with Crippen molar-refractivity contribution in [1.82, 2.24) is 5.32 Å². The predicted molar refractivity (Wildman–Crippen MR) is 93.9 cm³/mol. The molecule has 0 fully saturated rings. The molecule has 2 aromatic rings. The molecule has 1 nitrogen and oxygen atoms in total. The lowest BCUT2D eigenvalue weighted by molar-refractivity contribution is 0.669. The van der Waals surface area contributed by atoms with E-state index in [0.717, 1.165) is 18.8 Å². The molecule has 0 aliphatic carbocycles. The Hall–Kier alpha value is -1.25. The van der Waals surface area contributed by atoms with Crippen molar-refractivity contribution in [2.24, 2.45) is 0 Å². The average Bonchev–Trinajstić information content (AvgIpc) is 2.48. The van der Waals surface area contributed by atoms with E-state index < -0.39 is 0 Å². The van der Waals surface area contributed by atoms with Gasteiger partial charge in [0.2, 0.25) is 0 Å². The van der Waals surface area contributed by atoms with Gasteiger partial charge in [-0.1, -0.05) is 48.9 Å². The molecule has 1 N–H and O–H groups in total. The third kappa shape index (κ3) is 4.90. The fourth-order valence-corrected chi connectivity index (χ4v) is 3.43. The van der Waals surface area contributed by atoms with Crippen molar-refractivity contribution in [1.29, 1.82) is 0 Å². The molecule has 0 bridgehead atoms. The molecule has 0 aromatic heterocycles. The van der Waals surface area contributed by atoms with E-state index in [1.165, 1.54) is 33.6 Å². The molecule has 2 rings (SSSR count). The zero-order valence-electron chi connectivity index (χ0n) is 13.3. The highest BCUT2D eigenvalue weighted by atomic mass is 32.2. The van der Waals surface area contributed by atoms with Crippen LogP contribution in [-0.2, 0) is 12.3 Å². The third-order valence-electron chi connectivity index (χ3n) is 3.60. The molecule has 0 radical (unpaired) electrons. The number of nitrogens with one attached hydrogen (secondary N) is 1. The number of aryl methyl sites for hydroxylation is 2. The van der Waals surface area contributed by atoms with Crippen LogP contribution in [-0.4, -0.2) is 6.54 Å². The summed E-state index contributed by atoms with van der Waals surface area (Å²) < 4.78 is 0. The van der Waals surface area contributed by atoms with E-state index in [1.54, 1.807) is 0 Å². The first-order chi connectivity index (χ1) is 10.2. The third-order valence-corrected chi connectivity index (χ3v) is 4.77. The molecule has 0 amide bonds. The van der Waals surface area contributed by atoms with Crippen LogP contribution >= 0.6 is 11.8 Å². The highest BCUT2D eigenvalue weighted by molar-refractivity contribution is 7.98. The normalized spacial score (nSPS) is 10.8. The largest absolute Gasteiger partial charge is 0.313 e. The molecule has 0 aliphatic heterocycles. The van der Waals surface area contributed by atoms with Gasteiger partial charge < -0.3 is 5.32 Å². The number of benzene rings is 2. The lowest BCUT2D eigenvalue weighted by Gasteiger charge is -2.12. The van der Waals surface area contributed by atoms with Crippen molar-refractivity contribution in [2.75, 3.05) is 6.54 Å². The molecule has 112 valence electrons. The maximum atomic E-state index is 3.52. The van der Waals surface area contributed by atoms with E-state index in [-0.39, 0.29) is 0 Å². The van der Waals surface area contributed by atoms with Gasteiger partial charge in [0, 0.05) is 17.2 Å². The van der Waals surface area contributed by atoms with Crippen LogP contribution in [0.15, 0.2) is 47.4 Å². The van der Waals surface area contributed by atoms with Crippen molar-refractivity contribution >= 4 is 11.8 Å².